The van der Waals surface area contributed by atoms with Gasteiger partial charge in [0.15, 0.2) is 0 Å². The molecule has 4 rings (SSSR count). The van der Waals surface area contributed by atoms with Crippen molar-refractivity contribution in [2.24, 2.45) is 0 Å². The van der Waals surface area contributed by atoms with Crippen LogP contribution in [-0.4, -0.2) is 36.0 Å². The van der Waals surface area contributed by atoms with Crippen molar-refractivity contribution in [2.45, 2.75) is 90.0 Å². The monoisotopic (exact) mass is 499 g/mol. The highest BCUT2D eigenvalue weighted by Gasteiger charge is 2.28. The van der Waals surface area contributed by atoms with E-state index in [1.165, 1.54) is 68.1 Å². The van der Waals surface area contributed by atoms with Crippen LogP contribution in [0.3, 0.4) is 0 Å². The summed E-state index contributed by atoms with van der Waals surface area (Å²) in [5, 5.41) is 12.5. The van der Waals surface area contributed by atoms with Crippen LogP contribution >= 0.6 is 0 Å². The molecule has 0 spiro atoms. The summed E-state index contributed by atoms with van der Waals surface area (Å²) in [6, 6.07) is 22.3. The standard InChI is InChI=1S/C33H45N3O/c1-3-4-5-6-7-9-13-27-17-19-28(20-18-27)31-21-22-34-32(31)25-37-23-12-16-30-24-26(2)35-36-33(30)29-14-10-8-11-15-29/h8,10-11,14-15,17-20,24,31-32,34H,3-7,9,12-13,16,21-23,25H2,1-2H3/t31-,32-/m1/s1. The molecule has 4 heteroatoms. The number of rotatable bonds is 15. The van der Waals surface area contributed by atoms with Gasteiger partial charge in [0.05, 0.1) is 18.0 Å². The van der Waals surface area contributed by atoms with E-state index in [-0.39, 0.29) is 0 Å². The molecule has 0 aliphatic carbocycles. The summed E-state index contributed by atoms with van der Waals surface area (Å²) in [5.74, 6) is 0.542. The van der Waals surface area contributed by atoms with Crippen LogP contribution < -0.4 is 5.32 Å². The van der Waals surface area contributed by atoms with Gasteiger partial charge >= 0.3 is 0 Å². The fraction of sp³-hybridized carbons (Fsp3) is 0.515. The van der Waals surface area contributed by atoms with Crippen LogP contribution in [0.25, 0.3) is 11.3 Å². The Morgan fingerprint density at radius 2 is 1.65 bits per heavy atom. The number of benzene rings is 2. The van der Waals surface area contributed by atoms with Gasteiger partial charge in [-0.05, 0) is 68.3 Å². The van der Waals surface area contributed by atoms with Crippen LogP contribution in [-0.2, 0) is 17.6 Å². The Morgan fingerprint density at radius 1 is 0.865 bits per heavy atom. The van der Waals surface area contributed by atoms with Crippen LogP contribution in [0, 0.1) is 6.92 Å². The van der Waals surface area contributed by atoms with Gasteiger partial charge < -0.3 is 10.1 Å². The number of aromatic nitrogens is 2. The van der Waals surface area contributed by atoms with E-state index >= 15 is 0 Å². The second-order valence-electron chi connectivity index (χ2n) is 10.6. The Kier molecular flexibility index (Phi) is 11.1. The third-order valence-electron chi connectivity index (χ3n) is 7.65. The summed E-state index contributed by atoms with van der Waals surface area (Å²) in [6.07, 6.45) is 12.5. The molecule has 1 aliphatic heterocycles. The Hall–Kier alpha value is -2.56. The minimum atomic E-state index is 0.397. The van der Waals surface area contributed by atoms with Gasteiger partial charge in [0, 0.05) is 24.1 Å². The van der Waals surface area contributed by atoms with Crippen LogP contribution in [0.4, 0.5) is 0 Å². The van der Waals surface area contributed by atoms with Gasteiger partial charge in [-0.2, -0.15) is 5.10 Å². The van der Waals surface area contributed by atoms with E-state index < -0.39 is 0 Å². The van der Waals surface area contributed by atoms with Crippen LogP contribution in [0.1, 0.15) is 86.6 Å². The van der Waals surface area contributed by atoms with E-state index in [0.29, 0.717) is 12.0 Å². The molecule has 37 heavy (non-hydrogen) atoms. The lowest BCUT2D eigenvalue weighted by molar-refractivity contribution is 0.110. The van der Waals surface area contributed by atoms with E-state index in [1.54, 1.807) is 0 Å². The normalized spacial score (nSPS) is 17.4. The summed E-state index contributed by atoms with van der Waals surface area (Å²) in [4.78, 5) is 0. The first-order valence-electron chi connectivity index (χ1n) is 14.5. The number of hydrogen-bond acceptors (Lipinski definition) is 4. The zero-order chi connectivity index (χ0) is 25.7. The maximum absolute atomic E-state index is 6.19. The molecule has 2 heterocycles. The SMILES string of the molecule is CCCCCCCCc1ccc([C@H]2CCN[C@@H]2COCCCc2cc(C)nnc2-c2ccccc2)cc1. The smallest absolute Gasteiger partial charge is 0.0961 e. The average molecular weight is 500 g/mol. The fourth-order valence-electron chi connectivity index (χ4n) is 5.53. The first-order valence-corrected chi connectivity index (χ1v) is 14.5. The molecule has 1 aliphatic rings. The maximum atomic E-state index is 6.19. The molecule has 1 fully saturated rings. The first kappa shape index (κ1) is 27.5. The molecule has 2 aromatic carbocycles. The highest BCUT2D eigenvalue weighted by Crippen LogP contribution is 2.29. The van der Waals surface area contributed by atoms with Gasteiger partial charge in [0.25, 0.3) is 0 Å². The highest BCUT2D eigenvalue weighted by atomic mass is 16.5. The van der Waals surface area contributed by atoms with Crippen molar-refractivity contribution in [2.75, 3.05) is 19.8 Å². The second kappa shape index (κ2) is 15.0. The van der Waals surface area contributed by atoms with E-state index in [4.69, 9.17) is 4.74 Å². The minimum absolute atomic E-state index is 0.397. The zero-order valence-corrected chi connectivity index (χ0v) is 22.9. The number of hydrogen-bond donors (Lipinski definition) is 1. The second-order valence-corrected chi connectivity index (χ2v) is 10.6. The molecule has 4 nitrogen and oxygen atoms in total. The number of unbranched alkanes of at least 4 members (excludes halogenated alkanes) is 5. The first-order chi connectivity index (χ1) is 18.2. The van der Waals surface area contributed by atoms with Crippen molar-refractivity contribution in [3.63, 3.8) is 0 Å². The van der Waals surface area contributed by atoms with Gasteiger partial charge in [-0.1, -0.05) is 93.6 Å². The fourth-order valence-corrected chi connectivity index (χ4v) is 5.53. The molecule has 0 bridgehead atoms. The van der Waals surface area contributed by atoms with Gasteiger partial charge in [-0.3, -0.25) is 0 Å². The quantitative estimate of drug-likeness (QED) is 0.221. The molecule has 2 atom stereocenters. The third kappa shape index (κ3) is 8.48. The van der Waals surface area contributed by atoms with Crippen LogP contribution in [0.2, 0.25) is 0 Å². The summed E-state index contributed by atoms with van der Waals surface area (Å²) in [6.45, 7) is 6.89. The molecular formula is C33H45N3O. The molecule has 3 aromatic rings. The Bertz CT molecular complexity index is 1050. The number of aryl methyl sites for hydroxylation is 3. The van der Waals surface area contributed by atoms with E-state index in [1.807, 2.05) is 13.0 Å². The Morgan fingerprint density at radius 3 is 2.46 bits per heavy atom. The number of nitrogens with one attached hydrogen (secondary N) is 1. The largest absolute Gasteiger partial charge is 0.380 e. The van der Waals surface area contributed by atoms with Gasteiger partial charge in [0.2, 0.25) is 0 Å². The lowest BCUT2D eigenvalue weighted by atomic mass is 9.91. The van der Waals surface area contributed by atoms with Crippen molar-refractivity contribution in [3.8, 4) is 11.3 Å². The molecule has 0 unspecified atom stereocenters. The summed E-state index contributed by atoms with van der Waals surface area (Å²) >= 11 is 0. The molecule has 1 saturated heterocycles. The molecule has 1 aromatic heterocycles. The van der Waals surface area contributed by atoms with Crippen molar-refractivity contribution < 1.29 is 4.74 Å². The Labute approximate surface area is 224 Å². The van der Waals surface area contributed by atoms with E-state index in [0.717, 1.165) is 49.6 Å². The maximum Gasteiger partial charge on any atom is 0.0961 e. The zero-order valence-electron chi connectivity index (χ0n) is 22.9. The van der Waals surface area contributed by atoms with E-state index in [2.05, 4.69) is 77.0 Å². The van der Waals surface area contributed by atoms with Crippen molar-refractivity contribution in [1.29, 1.82) is 0 Å². The predicted octanol–water partition coefficient (Wildman–Crippen LogP) is 7.45. The van der Waals surface area contributed by atoms with Crippen LogP contribution in [0.5, 0.6) is 0 Å². The van der Waals surface area contributed by atoms with Gasteiger partial charge in [-0.25, -0.2) is 0 Å². The summed E-state index contributed by atoms with van der Waals surface area (Å²) < 4.78 is 6.19. The van der Waals surface area contributed by atoms with Crippen molar-refractivity contribution in [3.05, 3.63) is 83.0 Å². The topological polar surface area (TPSA) is 47.0 Å². The molecular weight excluding hydrogens is 454 g/mol. The van der Waals surface area contributed by atoms with Crippen molar-refractivity contribution >= 4 is 0 Å². The average Bonchev–Trinajstić information content (AvgIpc) is 3.40. The highest BCUT2D eigenvalue weighted by molar-refractivity contribution is 5.62. The third-order valence-corrected chi connectivity index (χ3v) is 7.65. The lowest BCUT2D eigenvalue weighted by Gasteiger charge is -2.20. The lowest BCUT2D eigenvalue weighted by Crippen LogP contribution is -2.31. The van der Waals surface area contributed by atoms with Crippen molar-refractivity contribution in [1.82, 2.24) is 15.5 Å². The molecule has 0 amide bonds. The molecule has 1 N–H and O–H groups in total. The molecule has 0 saturated carbocycles. The number of nitrogens with zero attached hydrogens (tertiary/aromatic N) is 2. The number of ether oxygens (including phenoxy) is 1. The Balaban J connectivity index is 1.20. The van der Waals surface area contributed by atoms with Gasteiger partial charge in [0.1, 0.15) is 0 Å². The summed E-state index contributed by atoms with van der Waals surface area (Å²) in [5.41, 5.74) is 7.27. The van der Waals surface area contributed by atoms with Crippen LogP contribution in [0.15, 0.2) is 60.7 Å². The molecule has 0 radical (unpaired) electrons. The minimum Gasteiger partial charge on any atom is -0.380 e. The van der Waals surface area contributed by atoms with Gasteiger partial charge in [-0.15, -0.1) is 5.10 Å². The summed E-state index contributed by atoms with van der Waals surface area (Å²) in [7, 11) is 0. The predicted molar refractivity (Wildman–Crippen MR) is 154 cm³/mol. The van der Waals surface area contributed by atoms with E-state index in [9.17, 15) is 0 Å². The molecule has 198 valence electrons.